The molecule has 2 rings (SSSR count). The van der Waals surface area contributed by atoms with Crippen LogP contribution < -0.4 is 16.2 Å². The Hall–Kier alpha value is -2.33. The second kappa shape index (κ2) is 5.54. The van der Waals surface area contributed by atoms with Crippen LogP contribution in [0.25, 0.3) is 0 Å². The molecule has 2 aromatic carbocycles. The summed E-state index contributed by atoms with van der Waals surface area (Å²) in [7, 11) is 1.77. The quantitative estimate of drug-likeness (QED) is 0.654. The third-order valence-electron chi connectivity index (χ3n) is 3.02. The Bertz CT molecular complexity index is 561. The number of nitrogens with zero attached hydrogens (tertiary/aromatic N) is 1. The third-order valence-corrected chi connectivity index (χ3v) is 3.02. The van der Waals surface area contributed by atoms with Crippen molar-refractivity contribution in [1.29, 1.82) is 0 Å². The average Bonchev–Trinajstić information content (AvgIpc) is 2.46. The zero-order chi connectivity index (χ0) is 13.8. The number of anilines is 2. The van der Waals surface area contributed by atoms with Crippen LogP contribution in [-0.4, -0.2) is 13.0 Å². The first-order valence-electron chi connectivity index (χ1n) is 6.03. The summed E-state index contributed by atoms with van der Waals surface area (Å²) in [4.78, 5) is 13.9. The first-order valence-corrected chi connectivity index (χ1v) is 6.03. The van der Waals surface area contributed by atoms with E-state index in [2.05, 4.69) is 5.43 Å². The maximum atomic E-state index is 12.3. The summed E-state index contributed by atoms with van der Waals surface area (Å²) in [5.74, 6) is 5.25. The van der Waals surface area contributed by atoms with Crippen molar-refractivity contribution < 1.29 is 4.79 Å². The highest BCUT2D eigenvalue weighted by Crippen LogP contribution is 2.17. The van der Waals surface area contributed by atoms with Crippen molar-refractivity contribution in [3.05, 3.63) is 59.7 Å². The molecule has 1 amide bonds. The standard InChI is InChI=1S/C15H17N3O/c1-11-3-9-14(10-4-11)18(2)15(19)12-5-7-13(17-16)8-6-12/h3-10,17H,16H2,1-2H3. The van der Waals surface area contributed by atoms with E-state index in [0.29, 0.717) is 5.56 Å². The highest BCUT2D eigenvalue weighted by Gasteiger charge is 2.12. The largest absolute Gasteiger partial charge is 0.324 e. The number of aryl methyl sites for hydroxylation is 1. The molecule has 0 aromatic heterocycles. The fourth-order valence-electron chi connectivity index (χ4n) is 1.79. The maximum absolute atomic E-state index is 12.3. The zero-order valence-corrected chi connectivity index (χ0v) is 11.1. The van der Waals surface area contributed by atoms with Crippen LogP contribution >= 0.6 is 0 Å². The van der Waals surface area contributed by atoms with Crippen molar-refractivity contribution in [2.75, 3.05) is 17.4 Å². The number of carbonyl (C=O) groups excluding carboxylic acids is 1. The second-order valence-electron chi connectivity index (χ2n) is 4.42. The molecule has 0 saturated heterocycles. The van der Waals surface area contributed by atoms with Crippen LogP contribution in [0.3, 0.4) is 0 Å². The lowest BCUT2D eigenvalue weighted by Crippen LogP contribution is -2.26. The molecule has 19 heavy (non-hydrogen) atoms. The first kappa shape index (κ1) is 13.1. The van der Waals surface area contributed by atoms with Crippen LogP contribution in [0.15, 0.2) is 48.5 Å². The molecule has 0 bridgehead atoms. The lowest BCUT2D eigenvalue weighted by Gasteiger charge is -2.17. The second-order valence-corrected chi connectivity index (χ2v) is 4.42. The van der Waals surface area contributed by atoms with Crippen molar-refractivity contribution in [2.45, 2.75) is 6.92 Å². The van der Waals surface area contributed by atoms with E-state index >= 15 is 0 Å². The molecule has 0 heterocycles. The monoisotopic (exact) mass is 255 g/mol. The molecule has 4 nitrogen and oxygen atoms in total. The summed E-state index contributed by atoms with van der Waals surface area (Å²) < 4.78 is 0. The van der Waals surface area contributed by atoms with Gasteiger partial charge in [-0.25, -0.2) is 0 Å². The molecule has 0 spiro atoms. The van der Waals surface area contributed by atoms with Gasteiger partial charge in [0.05, 0.1) is 0 Å². The summed E-state index contributed by atoms with van der Waals surface area (Å²) in [5, 5.41) is 0. The number of rotatable bonds is 3. The predicted molar refractivity (Wildman–Crippen MR) is 78.2 cm³/mol. The minimum atomic E-state index is -0.0487. The molecule has 0 fully saturated rings. The summed E-state index contributed by atoms with van der Waals surface area (Å²) >= 11 is 0. The minimum absolute atomic E-state index is 0.0487. The van der Waals surface area contributed by atoms with Gasteiger partial charge in [0.2, 0.25) is 0 Å². The number of nitrogens with two attached hydrogens (primary N) is 1. The average molecular weight is 255 g/mol. The number of amides is 1. The van der Waals surface area contributed by atoms with Crippen molar-refractivity contribution in [2.24, 2.45) is 5.84 Å². The molecule has 2 aromatic rings. The normalized spacial score (nSPS) is 10.1. The van der Waals surface area contributed by atoms with Gasteiger partial charge in [-0.2, -0.15) is 0 Å². The molecular weight excluding hydrogens is 238 g/mol. The van der Waals surface area contributed by atoms with Gasteiger partial charge >= 0.3 is 0 Å². The number of nitrogens with one attached hydrogen (secondary N) is 1. The topological polar surface area (TPSA) is 58.4 Å². The zero-order valence-electron chi connectivity index (χ0n) is 11.1. The lowest BCUT2D eigenvalue weighted by molar-refractivity contribution is 0.0993. The van der Waals surface area contributed by atoms with Crippen molar-refractivity contribution in [3.63, 3.8) is 0 Å². The molecule has 0 atom stereocenters. The van der Waals surface area contributed by atoms with Gasteiger partial charge < -0.3 is 10.3 Å². The van der Waals surface area contributed by atoms with E-state index < -0.39 is 0 Å². The molecule has 0 aliphatic carbocycles. The number of hydrazine groups is 1. The van der Waals surface area contributed by atoms with Crippen molar-refractivity contribution in [1.82, 2.24) is 0 Å². The number of hydrogen-bond donors (Lipinski definition) is 2. The van der Waals surface area contributed by atoms with E-state index in [1.165, 1.54) is 5.56 Å². The van der Waals surface area contributed by atoms with Crippen LogP contribution in [0, 0.1) is 6.92 Å². The fraction of sp³-hybridized carbons (Fsp3) is 0.133. The SMILES string of the molecule is Cc1ccc(N(C)C(=O)c2ccc(NN)cc2)cc1. The van der Waals surface area contributed by atoms with E-state index in [4.69, 9.17) is 5.84 Å². The van der Waals surface area contributed by atoms with Crippen LogP contribution in [0.5, 0.6) is 0 Å². The molecule has 0 saturated carbocycles. The maximum Gasteiger partial charge on any atom is 0.258 e. The van der Waals surface area contributed by atoms with Crippen LogP contribution in [-0.2, 0) is 0 Å². The van der Waals surface area contributed by atoms with E-state index in [1.54, 1.807) is 36.2 Å². The summed E-state index contributed by atoms with van der Waals surface area (Å²) in [6, 6.07) is 14.9. The summed E-state index contributed by atoms with van der Waals surface area (Å²) in [6.07, 6.45) is 0. The molecule has 0 aliphatic rings. The summed E-state index contributed by atoms with van der Waals surface area (Å²) in [6.45, 7) is 2.02. The Labute approximate surface area is 112 Å². The Kier molecular flexibility index (Phi) is 3.82. The van der Waals surface area contributed by atoms with Gasteiger partial charge in [0.1, 0.15) is 0 Å². The van der Waals surface area contributed by atoms with E-state index in [0.717, 1.165) is 11.4 Å². The Morgan fingerprint density at radius 3 is 2.16 bits per heavy atom. The highest BCUT2D eigenvalue weighted by atomic mass is 16.2. The molecule has 0 unspecified atom stereocenters. The molecule has 3 N–H and O–H groups in total. The van der Waals surface area contributed by atoms with Crippen LogP contribution in [0.4, 0.5) is 11.4 Å². The number of carbonyl (C=O) groups is 1. The summed E-state index contributed by atoms with van der Waals surface area (Å²) in [5.41, 5.74) is 5.98. The van der Waals surface area contributed by atoms with Gasteiger partial charge in [-0.1, -0.05) is 17.7 Å². The number of hydrogen-bond acceptors (Lipinski definition) is 3. The van der Waals surface area contributed by atoms with Gasteiger partial charge in [0.25, 0.3) is 5.91 Å². The predicted octanol–water partition coefficient (Wildman–Crippen LogP) is 2.56. The van der Waals surface area contributed by atoms with Crippen LogP contribution in [0.1, 0.15) is 15.9 Å². The molecule has 0 radical (unpaired) electrons. The Morgan fingerprint density at radius 1 is 1.05 bits per heavy atom. The van der Waals surface area contributed by atoms with E-state index in [9.17, 15) is 4.79 Å². The van der Waals surface area contributed by atoms with Crippen molar-refractivity contribution >= 4 is 17.3 Å². The first-order chi connectivity index (χ1) is 9.11. The van der Waals surface area contributed by atoms with Crippen LogP contribution in [0.2, 0.25) is 0 Å². The van der Waals surface area contributed by atoms with Gasteiger partial charge in [0, 0.05) is 24.0 Å². The van der Waals surface area contributed by atoms with E-state index in [1.807, 2.05) is 31.2 Å². The molecule has 4 heteroatoms. The molecule has 98 valence electrons. The van der Waals surface area contributed by atoms with E-state index in [-0.39, 0.29) is 5.91 Å². The Balaban J connectivity index is 2.20. The lowest BCUT2D eigenvalue weighted by atomic mass is 10.1. The third kappa shape index (κ3) is 2.92. The Morgan fingerprint density at radius 2 is 1.63 bits per heavy atom. The molecular formula is C15H17N3O. The van der Waals surface area contributed by atoms with Gasteiger partial charge in [-0.15, -0.1) is 0 Å². The fourth-order valence-corrected chi connectivity index (χ4v) is 1.79. The molecule has 0 aliphatic heterocycles. The minimum Gasteiger partial charge on any atom is -0.324 e. The number of benzene rings is 2. The van der Waals surface area contributed by atoms with Gasteiger partial charge in [-0.05, 0) is 43.3 Å². The van der Waals surface area contributed by atoms with Gasteiger partial charge in [-0.3, -0.25) is 10.6 Å². The smallest absolute Gasteiger partial charge is 0.258 e. The van der Waals surface area contributed by atoms with Crippen molar-refractivity contribution in [3.8, 4) is 0 Å². The highest BCUT2D eigenvalue weighted by molar-refractivity contribution is 6.05. The number of nitrogen functional groups attached to an aromatic ring is 1. The van der Waals surface area contributed by atoms with Gasteiger partial charge in [0.15, 0.2) is 0 Å².